The quantitative estimate of drug-likeness (QED) is 0.120. The van der Waals surface area contributed by atoms with Gasteiger partial charge in [-0.15, -0.1) is 0 Å². The highest BCUT2D eigenvalue weighted by Gasteiger charge is 2.58. The van der Waals surface area contributed by atoms with E-state index >= 15 is 0 Å². The topological polar surface area (TPSA) is 66.9 Å². The zero-order valence-electron chi connectivity index (χ0n) is 18.9. The van der Waals surface area contributed by atoms with Crippen LogP contribution in [0.3, 0.4) is 0 Å². The van der Waals surface area contributed by atoms with Crippen molar-refractivity contribution < 1.29 is 19.1 Å². The first-order chi connectivity index (χ1) is 17.5. The Balaban J connectivity index is 1.65. The van der Waals surface area contributed by atoms with E-state index in [2.05, 4.69) is 31.9 Å². The Morgan fingerprint density at radius 3 is 1.86 bits per heavy atom. The minimum Gasteiger partial charge on any atom is -0.496 e. The molecule has 0 spiro atoms. The summed E-state index contributed by atoms with van der Waals surface area (Å²) >= 11 is 31.9. The van der Waals surface area contributed by atoms with Gasteiger partial charge in [-0.2, -0.15) is 0 Å². The number of rotatable bonds is 4. The van der Waals surface area contributed by atoms with Crippen LogP contribution in [0.15, 0.2) is 45.3 Å². The van der Waals surface area contributed by atoms with Crippen LogP contribution < -0.4 is 9.64 Å². The molecule has 1 fully saturated rings. The number of fused-ring (bicyclic) bond motifs is 1. The van der Waals surface area contributed by atoms with E-state index in [9.17, 15) is 14.4 Å². The third-order valence-electron chi connectivity index (χ3n) is 6.42. The second kappa shape index (κ2) is 9.74. The summed E-state index contributed by atoms with van der Waals surface area (Å²) in [6.07, 6.45) is 0. The molecule has 0 unspecified atom stereocenters. The third-order valence-corrected chi connectivity index (χ3v) is 9.73. The lowest BCUT2D eigenvalue weighted by Crippen LogP contribution is -2.67. The lowest BCUT2D eigenvalue weighted by Gasteiger charge is -2.50. The Kier molecular flexibility index (Phi) is 7.05. The highest BCUT2D eigenvalue weighted by Crippen LogP contribution is 2.49. The fourth-order valence-corrected chi connectivity index (χ4v) is 6.43. The summed E-state index contributed by atoms with van der Waals surface area (Å²) in [6, 6.07) is 8.89. The van der Waals surface area contributed by atoms with E-state index in [0.717, 1.165) is 14.9 Å². The standard InChI is InChI=1S/C25H14Br2Cl4N2O4/c1-9-7-11(4-5-12(9)26)32-21(10-3-6-14(37-2)13(27)8-10)22(25(32)36)33-23(34)15-16(24(33)35)18(29)20(31)19(30)17(15)28/h3-8,21-22H,1-2H3/t21-,22-/m0/s1. The number of halogens is 6. The minimum atomic E-state index is -1.17. The average molecular weight is 708 g/mol. The van der Waals surface area contributed by atoms with Crippen molar-refractivity contribution in [2.75, 3.05) is 12.0 Å². The fraction of sp³-hybridized carbons (Fsp3) is 0.160. The number of β-lactam (4-membered cyclic amide) rings is 1. The van der Waals surface area contributed by atoms with Gasteiger partial charge in [-0.1, -0.05) is 68.4 Å². The molecule has 2 aliphatic rings. The van der Waals surface area contributed by atoms with Crippen LogP contribution in [0, 0.1) is 6.92 Å². The molecule has 3 aromatic carbocycles. The van der Waals surface area contributed by atoms with Crippen LogP contribution in [0.2, 0.25) is 20.1 Å². The number of carbonyl (C=O) groups excluding carboxylic acids is 3. The van der Waals surface area contributed by atoms with Gasteiger partial charge < -0.3 is 9.64 Å². The van der Waals surface area contributed by atoms with Crippen LogP contribution in [0.25, 0.3) is 0 Å². The summed E-state index contributed by atoms with van der Waals surface area (Å²) in [5, 5.41) is -0.666. The Bertz CT molecular complexity index is 1500. The smallest absolute Gasteiger partial charge is 0.264 e. The van der Waals surface area contributed by atoms with Crippen molar-refractivity contribution in [3.05, 3.63) is 87.7 Å². The predicted molar refractivity (Wildman–Crippen MR) is 151 cm³/mol. The first-order valence-corrected chi connectivity index (χ1v) is 13.8. The normalized spacial score (nSPS) is 18.9. The van der Waals surface area contributed by atoms with Crippen molar-refractivity contribution in [2.24, 2.45) is 0 Å². The fourth-order valence-electron chi connectivity index (χ4n) is 4.61. The number of anilines is 1. The Morgan fingerprint density at radius 2 is 1.35 bits per heavy atom. The molecule has 0 aromatic heterocycles. The van der Waals surface area contributed by atoms with Crippen molar-refractivity contribution in [3.8, 4) is 5.75 Å². The van der Waals surface area contributed by atoms with Crippen LogP contribution in [-0.2, 0) is 4.79 Å². The van der Waals surface area contributed by atoms with E-state index in [4.69, 9.17) is 51.1 Å². The third kappa shape index (κ3) is 3.99. The van der Waals surface area contributed by atoms with Gasteiger partial charge >= 0.3 is 0 Å². The van der Waals surface area contributed by atoms with Crippen LogP contribution in [-0.4, -0.2) is 35.8 Å². The number of hydrogen-bond acceptors (Lipinski definition) is 4. The van der Waals surface area contributed by atoms with E-state index in [1.165, 1.54) is 7.11 Å². The summed E-state index contributed by atoms with van der Waals surface area (Å²) in [4.78, 5) is 43.3. The lowest BCUT2D eigenvalue weighted by atomic mass is 9.86. The molecule has 5 rings (SSSR count). The SMILES string of the molecule is COc1ccc([C@H]2[C@H](N3C(=O)c4c(Cl)c(Cl)c(Cl)c(Cl)c4C3=O)C(=O)N2c2ccc(Br)c(C)c2)cc1Br. The van der Waals surface area contributed by atoms with Crippen molar-refractivity contribution in [2.45, 2.75) is 19.0 Å². The Morgan fingerprint density at radius 1 is 0.757 bits per heavy atom. The number of carbonyl (C=O) groups is 3. The Labute approximate surface area is 248 Å². The molecule has 2 aliphatic heterocycles. The number of nitrogens with zero attached hydrogens (tertiary/aromatic N) is 2. The monoisotopic (exact) mass is 704 g/mol. The van der Waals surface area contributed by atoms with Gasteiger partial charge in [0, 0.05) is 10.2 Å². The molecule has 190 valence electrons. The van der Waals surface area contributed by atoms with Gasteiger partial charge in [0.1, 0.15) is 11.8 Å². The molecule has 0 radical (unpaired) electrons. The van der Waals surface area contributed by atoms with Gasteiger partial charge in [0.05, 0.1) is 48.8 Å². The molecule has 0 aliphatic carbocycles. The number of hydrogen-bond donors (Lipinski definition) is 0. The van der Waals surface area contributed by atoms with Gasteiger partial charge in [0.25, 0.3) is 17.7 Å². The maximum atomic E-state index is 13.7. The molecule has 0 saturated carbocycles. The number of amides is 3. The van der Waals surface area contributed by atoms with Crippen LogP contribution in [0.5, 0.6) is 5.75 Å². The van der Waals surface area contributed by atoms with E-state index in [1.807, 2.05) is 19.1 Å². The molecule has 3 amide bonds. The number of imide groups is 1. The van der Waals surface area contributed by atoms with Crippen LogP contribution >= 0.6 is 78.3 Å². The van der Waals surface area contributed by atoms with Gasteiger partial charge in [0.15, 0.2) is 0 Å². The number of benzene rings is 3. The molecule has 1 saturated heterocycles. The molecular formula is C25H14Br2Cl4N2O4. The van der Waals surface area contributed by atoms with Crippen molar-refractivity contribution in [1.29, 1.82) is 0 Å². The summed E-state index contributed by atoms with van der Waals surface area (Å²) in [5.74, 6) is -1.40. The van der Waals surface area contributed by atoms with Crippen molar-refractivity contribution in [3.63, 3.8) is 0 Å². The summed E-state index contributed by atoms with van der Waals surface area (Å²) in [5.41, 5.74) is 1.84. The zero-order valence-corrected chi connectivity index (χ0v) is 25.1. The van der Waals surface area contributed by atoms with Crippen LogP contribution in [0.4, 0.5) is 5.69 Å². The summed E-state index contributed by atoms with van der Waals surface area (Å²) < 4.78 is 6.86. The molecule has 0 N–H and O–H groups in total. The molecular weight excluding hydrogens is 694 g/mol. The van der Waals surface area contributed by atoms with Gasteiger partial charge in [0.2, 0.25) is 0 Å². The predicted octanol–water partition coefficient (Wildman–Crippen LogP) is 7.89. The minimum absolute atomic E-state index is 0.141. The number of aryl methyl sites for hydroxylation is 1. The molecule has 12 heteroatoms. The first kappa shape index (κ1) is 26.8. The molecule has 2 heterocycles. The number of methoxy groups -OCH3 is 1. The second-order valence-electron chi connectivity index (χ2n) is 8.41. The lowest BCUT2D eigenvalue weighted by molar-refractivity contribution is -0.130. The highest BCUT2D eigenvalue weighted by atomic mass is 79.9. The number of ether oxygens (including phenoxy) is 1. The van der Waals surface area contributed by atoms with Gasteiger partial charge in [-0.05, 0) is 64.3 Å². The highest BCUT2D eigenvalue weighted by molar-refractivity contribution is 9.10. The molecule has 2 atom stereocenters. The first-order valence-electron chi connectivity index (χ1n) is 10.7. The van der Waals surface area contributed by atoms with Crippen molar-refractivity contribution in [1.82, 2.24) is 4.90 Å². The second-order valence-corrected chi connectivity index (χ2v) is 11.6. The van der Waals surface area contributed by atoms with Gasteiger partial charge in [-0.3, -0.25) is 19.3 Å². The van der Waals surface area contributed by atoms with E-state index < -0.39 is 29.8 Å². The van der Waals surface area contributed by atoms with E-state index in [0.29, 0.717) is 21.5 Å². The maximum absolute atomic E-state index is 13.7. The molecule has 0 bridgehead atoms. The molecule has 3 aromatic rings. The molecule has 6 nitrogen and oxygen atoms in total. The molecule has 37 heavy (non-hydrogen) atoms. The zero-order chi connectivity index (χ0) is 26.9. The Hall–Kier alpha value is -1.81. The van der Waals surface area contributed by atoms with Crippen molar-refractivity contribution >= 4 is 102 Å². The van der Waals surface area contributed by atoms with E-state index in [-0.39, 0.29) is 31.2 Å². The summed E-state index contributed by atoms with van der Waals surface area (Å²) in [7, 11) is 1.54. The largest absolute Gasteiger partial charge is 0.496 e. The average Bonchev–Trinajstić information content (AvgIpc) is 3.12. The van der Waals surface area contributed by atoms with Gasteiger partial charge in [-0.25, -0.2) is 0 Å². The maximum Gasteiger partial charge on any atom is 0.264 e. The van der Waals surface area contributed by atoms with Crippen LogP contribution in [0.1, 0.15) is 37.9 Å². The summed E-state index contributed by atoms with van der Waals surface area (Å²) in [6.45, 7) is 1.90. The van der Waals surface area contributed by atoms with E-state index in [1.54, 1.807) is 29.2 Å².